The standard InChI is InChI=1S/C33H40Cl2N6O3/c1-39-9-3-6-33(39)7-12-41(13-8-33)32-36-20-28(21-37-32)44-30-15-24(14-29(38-30)25-17-26(34)19-27(35)18-25)22-40-10-4-23(5-11-40)16-31(42)43-2/h14-15,17-21,23H,3-13,16,22H2,1-2H3. The maximum absolute atomic E-state index is 11.7. The van der Waals surface area contributed by atoms with E-state index in [1.165, 1.54) is 26.5 Å². The van der Waals surface area contributed by atoms with Gasteiger partial charge in [0.15, 0.2) is 5.75 Å². The van der Waals surface area contributed by atoms with E-state index in [0.29, 0.717) is 39.6 Å². The van der Waals surface area contributed by atoms with Crippen molar-refractivity contribution in [1.82, 2.24) is 24.8 Å². The molecule has 0 amide bonds. The quantitative estimate of drug-likeness (QED) is 0.257. The van der Waals surface area contributed by atoms with Gasteiger partial charge in [0.05, 0.1) is 25.2 Å². The van der Waals surface area contributed by atoms with Crippen LogP contribution >= 0.6 is 23.2 Å². The van der Waals surface area contributed by atoms with E-state index in [4.69, 9.17) is 37.7 Å². The number of piperidine rings is 2. The Morgan fingerprint density at radius 3 is 2.30 bits per heavy atom. The molecule has 1 aromatic carbocycles. The fourth-order valence-corrected chi connectivity index (χ4v) is 7.48. The van der Waals surface area contributed by atoms with Crippen molar-refractivity contribution >= 4 is 35.1 Å². The number of likely N-dealkylation sites (tertiary alicyclic amines) is 2. The van der Waals surface area contributed by atoms with Gasteiger partial charge in [-0.3, -0.25) is 9.69 Å². The van der Waals surface area contributed by atoms with Crippen molar-refractivity contribution in [2.24, 2.45) is 5.92 Å². The van der Waals surface area contributed by atoms with Gasteiger partial charge >= 0.3 is 5.97 Å². The van der Waals surface area contributed by atoms with Crippen LogP contribution in [0, 0.1) is 5.92 Å². The van der Waals surface area contributed by atoms with E-state index >= 15 is 0 Å². The van der Waals surface area contributed by atoms with Crippen molar-refractivity contribution in [2.75, 3.05) is 51.8 Å². The fraction of sp³-hybridized carbons (Fsp3) is 0.515. The normalized spacial score (nSPS) is 19.4. The van der Waals surface area contributed by atoms with Crippen LogP contribution in [0.3, 0.4) is 0 Å². The van der Waals surface area contributed by atoms with E-state index in [-0.39, 0.29) is 5.97 Å². The van der Waals surface area contributed by atoms with E-state index < -0.39 is 0 Å². The molecule has 3 aliphatic heterocycles. The minimum Gasteiger partial charge on any atom is -0.469 e. The van der Waals surface area contributed by atoms with E-state index in [1.807, 2.05) is 18.2 Å². The second-order valence-corrected chi connectivity index (χ2v) is 13.3. The van der Waals surface area contributed by atoms with Crippen molar-refractivity contribution in [3.63, 3.8) is 0 Å². The lowest BCUT2D eigenvalue weighted by molar-refractivity contribution is -0.142. The van der Waals surface area contributed by atoms with Gasteiger partial charge in [-0.1, -0.05) is 23.2 Å². The van der Waals surface area contributed by atoms with Gasteiger partial charge in [0.2, 0.25) is 11.8 Å². The summed E-state index contributed by atoms with van der Waals surface area (Å²) >= 11 is 12.7. The number of hydrogen-bond acceptors (Lipinski definition) is 9. The summed E-state index contributed by atoms with van der Waals surface area (Å²) in [5.41, 5.74) is 2.94. The lowest BCUT2D eigenvalue weighted by Crippen LogP contribution is -2.51. The molecule has 2 aromatic heterocycles. The predicted octanol–water partition coefficient (Wildman–Crippen LogP) is 6.48. The molecule has 6 rings (SSSR count). The molecule has 9 nitrogen and oxygen atoms in total. The highest BCUT2D eigenvalue weighted by molar-refractivity contribution is 6.35. The number of benzene rings is 1. The zero-order chi connectivity index (χ0) is 30.7. The summed E-state index contributed by atoms with van der Waals surface area (Å²) in [5, 5.41) is 1.09. The first kappa shape index (κ1) is 31.0. The topological polar surface area (TPSA) is 83.9 Å². The lowest BCUT2D eigenvalue weighted by Gasteiger charge is -2.43. The zero-order valence-electron chi connectivity index (χ0n) is 25.5. The molecule has 0 radical (unpaired) electrons. The smallest absolute Gasteiger partial charge is 0.305 e. The third-order valence-corrected chi connectivity index (χ3v) is 10.0. The average molecular weight is 640 g/mol. The van der Waals surface area contributed by atoms with Crippen LogP contribution in [0.5, 0.6) is 11.6 Å². The van der Waals surface area contributed by atoms with Gasteiger partial charge in [-0.25, -0.2) is 15.0 Å². The number of carbonyl (C=O) groups is 1. The largest absolute Gasteiger partial charge is 0.469 e. The Morgan fingerprint density at radius 1 is 0.955 bits per heavy atom. The molecule has 234 valence electrons. The van der Waals surface area contributed by atoms with Crippen LogP contribution in [0.1, 0.15) is 50.5 Å². The van der Waals surface area contributed by atoms with Crippen LogP contribution in [-0.4, -0.2) is 83.1 Å². The third kappa shape index (κ3) is 7.28. The molecule has 0 N–H and O–H groups in total. The highest BCUT2D eigenvalue weighted by Crippen LogP contribution is 2.38. The second-order valence-electron chi connectivity index (χ2n) is 12.4. The maximum Gasteiger partial charge on any atom is 0.305 e. The van der Waals surface area contributed by atoms with E-state index in [9.17, 15) is 4.79 Å². The number of rotatable bonds is 8. The molecule has 3 fully saturated rings. The minimum absolute atomic E-state index is 0.137. The Morgan fingerprint density at radius 2 is 1.66 bits per heavy atom. The van der Waals surface area contributed by atoms with Crippen LogP contribution in [0.25, 0.3) is 11.3 Å². The number of esters is 1. The highest BCUT2D eigenvalue weighted by Gasteiger charge is 2.41. The highest BCUT2D eigenvalue weighted by atomic mass is 35.5. The minimum atomic E-state index is -0.137. The zero-order valence-corrected chi connectivity index (χ0v) is 27.0. The first-order valence-electron chi connectivity index (χ1n) is 15.5. The summed E-state index contributed by atoms with van der Waals surface area (Å²) in [6.07, 6.45) is 10.7. The molecule has 0 saturated carbocycles. The van der Waals surface area contributed by atoms with Gasteiger partial charge in [-0.2, -0.15) is 0 Å². The number of ether oxygens (including phenoxy) is 2. The van der Waals surface area contributed by atoms with Gasteiger partial charge in [-0.05, 0) is 101 Å². The van der Waals surface area contributed by atoms with E-state index in [2.05, 4.69) is 37.8 Å². The second kappa shape index (κ2) is 13.6. The molecular weight excluding hydrogens is 599 g/mol. The lowest BCUT2D eigenvalue weighted by atomic mass is 9.85. The van der Waals surface area contributed by atoms with E-state index in [1.54, 1.807) is 18.5 Å². The van der Waals surface area contributed by atoms with Gasteiger partial charge in [0, 0.05) is 53.3 Å². The summed E-state index contributed by atoms with van der Waals surface area (Å²) in [4.78, 5) is 33.1. The van der Waals surface area contributed by atoms with E-state index in [0.717, 1.165) is 81.2 Å². The summed E-state index contributed by atoms with van der Waals surface area (Å²) in [5.74, 6) is 1.94. The monoisotopic (exact) mass is 638 g/mol. The molecular formula is C33H40Cl2N6O3. The number of anilines is 1. The Hall–Kier alpha value is -2.98. The van der Waals surface area contributed by atoms with Crippen molar-refractivity contribution < 1.29 is 14.3 Å². The molecule has 0 bridgehead atoms. The molecule has 5 heterocycles. The fourth-order valence-electron chi connectivity index (χ4n) is 6.95. The number of halogens is 2. The molecule has 0 unspecified atom stereocenters. The first-order valence-corrected chi connectivity index (χ1v) is 16.3. The number of hydrogen-bond donors (Lipinski definition) is 0. The molecule has 3 aromatic rings. The molecule has 1 spiro atoms. The van der Waals surface area contributed by atoms with Gasteiger partial charge < -0.3 is 19.3 Å². The number of pyridine rings is 1. The summed E-state index contributed by atoms with van der Waals surface area (Å²) < 4.78 is 11.1. The Labute approximate surface area is 269 Å². The Balaban J connectivity index is 1.16. The third-order valence-electron chi connectivity index (χ3n) is 9.58. The Bertz CT molecular complexity index is 1440. The summed E-state index contributed by atoms with van der Waals surface area (Å²) in [7, 11) is 3.71. The van der Waals surface area contributed by atoms with Crippen molar-refractivity contribution in [1.29, 1.82) is 0 Å². The van der Waals surface area contributed by atoms with Crippen LogP contribution in [0.4, 0.5) is 5.95 Å². The molecule has 3 aliphatic rings. The number of carbonyl (C=O) groups excluding carboxylic acids is 1. The number of methoxy groups -OCH3 is 1. The van der Waals surface area contributed by atoms with Crippen molar-refractivity contribution in [2.45, 2.75) is 57.0 Å². The first-order chi connectivity index (χ1) is 21.3. The SMILES string of the molecule is COC(=O)CC1CCN(Cc2cc(Oc3cnc(N4CCC5(CCCN5C)CC4)nc3)nc(-c3cc(Cl)cc(Cl)c3)c2)CC1. The average Bonchev–Trinajstić information content (AvgIpc) is 3.37. The van der Waals surface area contributed by atoms with Crippen LogP contribution in [0.15, 0.2) is 42.7 Å². The van der Waals surface area contributed by atoms with Crippen LogP contribution in [0.2, 0.25) is 10.0 Å². The van der Waals surface area contributed by atoms with Gasteiger partial charge in [0.25, 0.3) is 0 Å². The van der Waals surface area contributed by atoms with Crippen molar-refractivity contribution in [3.05, 3.63) is 58.3 Å². The molecule has 3 saturated heterocycles. The molecule has 44 heavy (non-hydrogen) atoms. The number of aromatic nitrogens is 3. The van der Waals surface area contributed by atoms with Crippen LogP contribution in [-0.2, 0) is 16.1 Å². The molecule has 0 atom stereocenters. The van der Waals surface area contributed by atoms with Crippen LogP contribution < -0.4 is 9.64 Å². The Kier molecular flexibility index (Phi) is 9.56. The predicted molar refractivity (Wildman–Crippen MR) is 172 cm³/mol. The maximum atomic E-state index is 11.7. The molecule has 0 aliphatic carbocycles. The van der Waals surface area contributed by atoms with Crippen molar-refractivity contribution in [3.8, 4) is 22.9 Å². The summed E-state index contributed by atoms with van der Waals surface area (Å²) in [6, 6.07) is 9.43. The van der Waals surface area contributed by atoms with Gasteiger partial charge in [0.1, 0.15) is 0 Å². The number of nitrogens with zero attached hydrogens (tertiary/aromatic N) is 6. The molecule has 11 heteroatoms. The van der Waals surface area contributed by atoms with Gasteiger partial charge in [-0.15, -0.1) is 0 Å². The summed E-state index contributed by atoms with van der Waals surface area (Å²) in [6.45, 7) is 5.65.